The highest BCUT2D eigenvalue weighted by atomic mass is 32.2. The van der Waals surface area contributed by atoms with Crippen LogP contribution in [0, 0.1) is 11.8 Å². The van der Waals surface area contributed by atoms with E-state index in [4.69, 9.17) is 4.42 Å². The van der Waals surface area contributed by atoms with E-state index in [1.165, 1.54) is 38.8 Å². The van der Waals surface area contributed by atoms with Crippen LogP contribution in [0.15, 0.2) is 21.6 Å². The maximum Gasteiger partial charge on any atom is 0.273 e. The van der Waals surface area contributed by atoms with E-state index in [0.717, 1.165) is 18.4 Å². The van der Waals surface area contributed by atoms with E-state index < -0.39 is 10.0 Å². The molecule has 1 aliphatic rings. The van der Waals surface area contributed by atoms with Crippen molar-refractivity contribution in [1.82, 2.24) is 10.0 Å². The van der Waals surface area contributed by atoms with Gasteiger partial charge in [-0.2, -0.15) is 0 Å². The van der Waals surface area contributed by atoms with Crippen LogP contribution in [-0.4, -0.2) is 22.0 Å². The Balaban J connectivity index is 1.83. The van der Waals surface area contributed by atoms with Gasteiger partial charge in [0.25, 0.3) is 10.0 Å². The van der Waals surface area contributed by atoms with Crippen LogP contribution in [0.4, 0.5) is 0 Å². The van der Waals surface area contributed by atoms with Crippen LogP contribution in [0.25, 0.3) is 0 Å². The van der Waals surface area contributed by atoms with Crippen LogP contribution in [0.1, 0.15) is 38.4 Å². The van der Waals surface area contributed by atoms with Crippen molar-refractivity contribution in [3.63, 3.8) is 0 Å². The van der Waals surface area contributed by atoms with Gasteiger partial charge in [0.15, 0.2) is 0 Å². The zero-order chi connectivity index (χ0) is 14.6. The molecule has 2 rings (SSSR count). The van der Waals surface area contributed by atoms with Crippen molar-refractivity contribution < 1.29 is 12.8 Å². The second-order valence-corrected chi connectivity index (χ2v) is 7.40. The number of nitrogens with one attached hydrogen (secondary N) is 2. The summed E-state index contributed by atoms with van der Waals surface area (Å²) in [6.07, 6.45) is 5.27. The Morgan fingerprint density at radius 1 is 1.30 bits per heavy atom. The molecule has 0 aromatic carbocycles. The molecule has 1 aliphatic carbocycles. The van der Waals surface area contributed by atoms with Crippen molar-refractivity contribution in [2.75, 3.05) is 13.6 Å². The van der Waals surface area contributed by atoms with Crippen LogP contribution < -0.4 is 10.0 Å². The summed E-state index contributed by atoms with van der Waals surface area (Å²) in [5.41, 5.74) is 0. The van der Waals surface area contributed by atoms with Gasteiger partial charge in [-0.1, -0.05) is 26.2 Å². The molecule has 6 heteroatoms. The van der Waals surface area contributed by atoms with Crippen molar-refractivity contribution in [1.29, 1.82) is 0 Å². The summed E-state index contributed by atoms with van der Waals surface area (Å²) >= 11 is 0. The molecule has 5 nitrogen and oxygen atoms in total. The first-order valence-electron chi connectivity index (χ1n) is 7.26. The lowest BCUT2D eigenvalue weighted by Crippen LogP contribution is -2.29. The lowest BCUT2D eigenvalue weighted by Gasteiger charge is -2.28. The van der Waals surface area contributed by atoms with Gasteiger partial charge in [0, 0.05) is 0 Å². The van der Waals surface area contributed by atoms with E-state index in [9.17, 15) is 8.42 Å². The molecule has 0 spiro atoms. The molecule has 114 valence electrons. The normalized spacial score (nSPS) is 23.9. The summed E-state index contributed by atoms with van der Waals surface area (Å²) in [7, 11) is -2.10. The fourth-order valence-electron chi connectivity index (χ4n) is 2.78. The van der Waals surface area contributed by atoms with Gasteiger partial charge in [0.2, 0.25) is 5.09 Å². The molecule has 2 atom stereocenters. The van der Waals surface area contributed by atoms with Gasteiger partial charge in [-0.15, -0.1) is 0 Å². The third-order valence-corrected chi connectivity index (χ3v) is 5.45. The van der Waals surface area contributed by atoms with E-state index in [2.05, 4.69) is 17.0 Å². The van der Waals surface area contributed by atoms with Crippen LogP contribution in [0.2, 0.25) is 0 Å². The summed E-state index contributed by atoms with van der Waals surface area (Å²) < 4.78 is 30.7. The smallest absolute Gasteiger partial charge is 0.273 e. The third kappa shape index (κ3) is 3.84. The van der Waals surface area contributed by atoms with E-state index in [1.54, 1.807) is 6.07 Å². The Labute approximate surface area is 121 Å². The molecule has 1 saturated carbocycles. The van der Waals surface area contributed by atoms with Crippen LogP contribution in [0.5, 0.6) is 0 Å². The highest BCUT2D eigenvalue weighted by molar-refractivity contribution is 7.89. The molecule has 20 heavy (non-hydrogen) atoms. The average molecular weight is 300 g/mol. The van der Waals surface area contributed by atoms with Crippen molar-refractivity contribution in [3.05, 3.63) is 17.9 Å². The van der Waals surface area contributed by atoms with Gasteiger partial charge < -0.3 is 9.73 Å². The molecule has 0 aliphatic heterocycles. The Morgan fingerprint density at radius 2 is 2.05 bits per heavy atom. The minimum atomic E-state index is -3.48. The van der Waals surface area contributed by atoms with Crippen molar-refractivity contribution >= 4 is 10.0 Å². The van der Waals surface area contributed by atoms with E-state index >= 15 is 0 Å². The number of rotatable bonds is 6. The fourth-order valence-corrected chi connectivity index (χ4v) is 3.44. The van der Waals surface area contributed by atoms with Gasteiger partial charge in [0.05, 0.1) is 6.54 Å². The molecule has 0 bridgehead atoms. The van der Waals surface area contributed by atoms with Crippen molar-refractivity contribution in [3.8, 4) is 0 Å². The Morgan fingerprint density at radius 3 is 2.75 bits per heavy atom. The molecule has 0 radical (unpaired) electrons. The summed E-state index contributed by atoms with van der Waals surface area (Å²) in [6, 6.07) is 3.20. The van der Waals surface area contributed by atoms with Gasteiger partial charge >= 0.3 is 0 Å². The highest BCUT2D eigenvalue weighted by Crippen LogP contribution is 2.28. The minimum Gasteiger partial charge on any atom is -0.447 e. The summed E-state index contributed by atoms with van der Waals surface area (Å²) in [4.78, 5) is 0. The lowest BCUT2D eigenvalue weighted by molar-refractivity contribution is 0.245. The first-order chi connectivity index (χ1) is 9.53. The summed E-state index contributed by atoms with van der Waals surface area (Å²) in [5.74, 6) is 2.15. The molecule has 2 unspecified atom stereocenters. The lowest BCUT2D eigenvalue weighted by atomic mass is 9.80. The number of furan rings is 1. The summed E-state index contributed by atoms with van der Waals surface area (Å²) in [6.45, 7) is 3.86. The molecule has 0 amide bonds. The molecule has 0 saturated heterocycles. The molecular formula is C14H24N2O3S. The van der Waals surface area contributed by atoms with Gasteiger partial charge in [-0.25, -0.2) is 13.1 Å². The Bertz CT molecular complexity index is 524. The van der Waals surface area contributed by atoms with Crippen molar-refractivity contribution in [2.24, 2.45) is 11.8 Å². The number of hydrogen-bond acceptors (Lipinski definition) is 4. The minimum absolute atomic E-state index is 0.0252. The first-order valence-corrected chi connectivity index (χ1v) is 8.74. The first kappa shape index (κ1) is 15.5. The molecule has 1 aromatic rings. The predicted molar refractivity (Wildman–Crippen MR) is 77.8 cm³/mol. The van der Waals surface area contributed by atoms with E-state index in [1.807, 2.05) is 0 Å². The molecule has 1 heterocycles. The van der Waals surface area contributed by atoms with Crippen LogP contribution in [0.3, 0.4) is 0 Å². The largest absolute Gasteiger partial charge is 0.447 e. The van der Waals surface area contributed by atoms with E-state index in [-0.39, 0.29) is 5.09 Å². The van der Waals surface area contributed by atoms with E-state index in [0.29, 0.717) is 12.3 Å². The zero-order valence-electron chi connectivity index (χ0n) is 12.2. The van der Waals surface area contributed by atoms with Gasteiger partial charge in [-0.3, -0.25) is 0 Å². The maximum absolute atomic E-state index is 11.6. The van der Waals surface area contributed by atoms with Crippen LogP contribution >= 0.6 is 0 Å². The fraction of sp³-hybridized carbons (Fsp3) is 0.714. The Kier molecular flexibility index (Phi) is 5.23. The predicted octanol–water partition coefficient (Wildman–Crippen LogP) is 2.10. The topological polar surface area (TPSA) is 71.3 Å². The second kappa shape index (κ2) is 6.74. The van der Waals surface area contributed by atoms with Crippen LogP contribution in [-0.2, 0) is 16.6 Å². The average Bonchev–Trinajstić information content (AvgIpc) is 2.90. The van der Waals surface area contributed by atoms with Gasteiger partial charge in [-0.05, 0) is 44.0 Å². The summed E-state index contributed by atoms with van der Waals surface area (Å²) in [5, 5.41) is 3.35. The molecule has 2 N–H and O–H groups in total. The molecule has 1 aromatic heterocycles. The Hall–Kier alpha value is -0.850. The maximum atomic E-state index is 11.6. The molecular weight excluding hydrogens is 276 g/mol. The monoisotopic (exact) mass is 300 g/mol. The highest BCUT2D eigenvalue weighted by Gasteiger charge is 2.21. The number of sulfonamides is 1. The quantitative estimate of drug-likeness (QED) is 0.844. The van der Waals surface area contributed by atoms with Gasteiger partial charge in [0.1, 0.15) is 5.76 Å². The molecule has 1 fully saturated rings. The standard InChI is InChI=1S/C14H24N2O3S/c1-11-5-3-4-6-12(11)9-16-10-13-7-8-14(19-13)20(17,18)15-2/h7-8,11-12,15-16H,3-6,9-10H2,1-2H3. The zero-order valence-corrected chi connectivity index (χ0v) is 13.0. The third-order valence-electron chi connectivity index (χ3n) is 4.17. The second-order valence-electron chi connectivity index (χ2n) is 5.58. The SMILES string of the molecule is CNS(=O)(=O)c1ccc(CNCC2CCCCC2C)o1. The number of hydrogen-bond donors (Lipinski definition) is 2. The van der Waals surface area contributed by atoms with Crippen molar-refractivity contribution in [2.45, 2.75) is 44.2 Å².